The zero-order valence-electron chi connectivity index (χ0n) is 9.73. The Morgan fingerprint density at radius 1 is 1.53 bits per heavy atom. The first-order valence-electron chi connectivity index (χ1n) is 5.54. The average molecular weight is 278 g/mol. The number of hydrogen-bond acceptors (Lipinski definition) is 6. The van der Waals surface area contributed by atoms with Crippen molar-refractivity contribution in [2.45, 2.75) is 25.0 Å². The third kappa shape index (κ3) is 3.59. The Morgan fingerprint density at radius 2 is 2.24 bits per heavy atom. The quantitative estimate of drug-likeness (QED) is 0.895. The predicted molar refractivity (Wildman–Crippen MR) is 66.3 cm³/mol. The highest BCUT2D eigenvalue weighted by molar-refractivity contribution is 7.10. The molecule has 0 saturated carbocycles. The van der Waals surface area contributed by atoms with Gasteiger partial charge < -0.3 is 9.84 Å². The van der Waals surface area contributed by atoms with E-state index in [0.717, 1.165) is 5.69 Å². The van der Waals surface area contributed by atoms with E-state index in [9.17, 15) is 5.11 Å². The van der Waals surface area contributed by atoms with E-state index in [4.69, 9.17) is 16.3 Å². The second-order valence-corrected chi connectivity index (χ2v) is 5.86. The molecular formula is C10H16ClN3O2S. The molecule has 0 atom stereocenters. The summed E-state index contributed by atoms with van der Waals surface area (Å²) in [4.78, 5) is 2.02. The average Bonchev–Trinajstić information content (AvgIpc) is 2.64. The van der Waals surface area contributed by atoms with Crippen molar-refractivity contribution in [1.29, 1.82) is 0 Å². The fourth-order valence-electron chi connectivity index (χ4n) is 2.01. The molecule has 1 fully saturated rings. The van der Waals surface area contributed by atoms with E-state index in [2.05, 4.69) is 9.59 Å². The molecule has 17 heavy (non-hydrogen) atoms. The number of nitrogens with zero attached hydrogens (tertiary/aromatic N) is 3. The number of aromatic nitrogens is 2. The molecule has 0 bridgehead atoms. The van der Waals surface area contributed by atoms with E-state index in [-0.39, 0.29) is 0 Å². The standard InChI is InChI=1S/C10H16ClN3O2S/c1-14(6-8-9(11)17-13-12-8)7-10(15)2-4-16-5-3-10/h15H,2-7H2,1H3. The lowest BCUT2D eigenvalue weighted by Gasteiger charge is -2.35. The molecule has 0 aromatic carbocycles. The van der Waals surface area contributed by atoms with Crippen LogP contribution in [-0.4, -0.2) is 52.0 Å². The molecule has 96 valence electrons. The van der Waals surface area contributed by atoms with Crippen molar-refractivity contribution in [1.82, 2.24) is 14.5 Å². The highest BCUT2D eigenvalue weighted by Gasteiger charge is 2.31. The van der Waals surface area contributed by atoms with Crippen LogP contribution in [0.5, 0.6) is 0 Å². The normalized spacial score (nSPS) is 19.8. The molecule has 0 unspecified atom stereocenters. The SMILES string of the molecule is CN(Cc1nnsc1Cl)CC1(O)CCOCC1. The second-order valence-electron chi connectivity index (χ2n) is 4.50. The Morgan fingerprint density at radius 3 is 2.82 bits per heavy atom. The van der Waals surface area contributed by atoms with Crippen LogP contribution in [0.3, 0.4) is 0 Å². The highest BCUT2D eigenvalue weighted by Crippen LogP contribution is 2.23. The number of likely N-dealkylation sites (N-methyl/N-ethyl adjacent to an activating group) is 1. The van der Waals surface area contributed by atoms with Gasteiger partial charge in [-0.2, -0.15) is 0 Å². The summed E-state index contributed by atoms with van der Waals surface area (Å²) in [6.07, 6.45) is 1.36. The molecule has 5 nitrogen and oxygen atoms in total. The summed E-state index contributed by atoms with van der Waals surface area (Å²) in [5.41, 5.74) is 0.123. The zero-order valence-corrected chi connectivity index (χ0v) is 11.3. The molecule has 0 aliphatic carbocycles. The highest BCUT2D eigenvalue weighted by atomic mass is 35.5. The Bertz CT molecular complexity index is 368. The molecule has 2 heterocycles. The van der Waals surface area contributed by atoms with Crippen molar-refractivity contribution >= 4 is 23.1 Å². The van der Waals surface area contributed by atoms with Crippen LogP contribution in [-0.2, 0) is 11.3 Å². The second kappa shape index (κ2) is 5.58. The topological polar surface area (TPSA) is 58.5 Å². The van der Waals surface area contributed by atoms with Gasteiger partial charge in [0.05, 0.1) is 5.60 Å². The van der Waals surface area contributed by atoms with E-state index in [0.29, 0.717) is 43.5 Å². The lowest BCUT2D eigenvalue weighted by molar-refractivity contribution is -0.0778. The maximum Gasteiger partial charge on any atom is 0.138 e. The Balaban J connectivity index is 1.88. The smallest absolute Gasteiger partial charge is 0.138 e. The molecule has 2 rings (SSSR count). The first-order chi connectivity index (χ1) is 8.09. The van der Waals surface area contributed by atoms with E-state index >= 15 is 0 Å². The number of ether oxygens (including phenoxy) is 1. The van der Waals surface area contributed by atoms with Crippen LogP contribution in [0.25, 0.3) is 0 Å². The minimum absolute atomic E-state index is 0.601. The van der Waals surface area contributed by atoms with Gasteiger partial charge in [0, 0.05) is 50.7 Å². The van der Waals surface area contributed by atoms with Gasteiger partial charge in [0.1, 0.15) is 10.0 Å². The fourth-order valence-corrected chi connectivity index (χ4v) is 2.63. The summed E-state index contributed by atoms with van der Waals surface area (Å²) in [5.74, 6) is 0. The van der Waals surface area contributed by atoms with Gasteiger partial charge in [0.15, 0.2) is 0 Å². The summed E-state index contributed by atoms with van der Waals surface area (Å²) in [6.45, 7) is 2.47. The van der Waals surface area contributed by atoms with E-state index in [1.165, 1.54) is 11.5 Å². The van der Waals surface area contributed by atoms with Crippen LogP contribution >= 0.6 is 23.1 Å². The molecule has 0 radical (unpaired) electrons. The van der Waals surface area contributed by atoms with Crippen LogP contribution in [0, 0.1) is 0 Å². The maximum atomic E-state index is 10.4. The van der Waals surface area contributed by atoms with Crippen molar-refractivity contribution in [3.63, 3.8) is 0 Å². The molecule has 1 saturated heterocycles. The maximum absolute atomic E-state index is 10.4. The van der Waals surface area contributed by atoms with Crippen molar-refractivity contribution in [3.05, 3.63) is 10.0 Å². The predicted octanol–water partition coefficient (Wildman–Crippen LogP) is 1.16. The largest absolute Gasteiger partial charge is 0.388 e. The van der Waals surface area contributed by atoms with E-state index in [1.54, 1.807) is 0 Å². The van der Waals surface area contributed by atoms with Gasteiger partial charge in [-0.1, -0.05) is 16.1 Å². The van der Waals surface area contributed by atoms with Crippen LogP contribution in [0.4, 0.5) is 0 Å². The van der Waals surface area contributed by atoms with Crippen LogP contribution < -0.4 is 0 Å². The van der Waals surface area contributed by atoms with Crippen LogP contribution in [0.2, 0.25) is 4.34 Å². The van der Waals surface area contributed by atoms with Gasteiger partial charge in [0.25, 0.3) is 0 Å². The zero-order chi connectivity index (χ0) is 12.3. The van der Waals surface area contributed by atoms with Gasteiger partial charge >= 0.3 is 0 Å². The van der Waals surface area contributed by atoms with Gasteiger partial charge in [-0.3, -0.25) is 4.90 Å². The summed E-state index contributed by atoms with van der Waals surface area (Å²) >= 11 is 7.13. The van der Waals surface area contributed by atoms with Gasteiger partial charge in [0.2, 0.25) is 0 Å². The minimum Gasteiger partial charge on any atom is -0.388 e. The Labute approximate surface area is 110 Å². The molecule has 1 aromatic heterocycles. The van der Waals surface area contributed by atoms with Crippen LogP contribution in [0.15, 0.2) is 0 Å². The number of rotatable bonds is 4. The van der Waals surface area contributed by atoms with Crippen molar-refractivity contribution < 1.29 is 9.84 Å². The third-order valence-electron chi connectivity index (χ3n) is 2.92. The fraction of sp³-hybridized carbons (Fsp3) is 0.800. The number of hydrogen-bond donors (Lipinski definition) is 1. The van der Waals surface area contributed by atoms with Crippen molar-refractivity contribution in [2.75, 3.05) is 26.8 Å². The third-order valence-corrected chi connectivity index (χ3v) is 3.90. The Hall–Kier alpha value is -0.270. The molecule has 1 N–H and O–H groups in total. The summed E-state index contributed by atoms with van der Waals surface area (Å²) < 4.78 is 9.66. The molecule has 0 spiro atoms. The monoisotopic (exact) mass is 277 g/mol. The van der Waals surface area contributed by atoms with Crippen molar-refractivity contribution in [2.24, 2.45) is 0 Å². The van der Waals surface area contributed by atoms with E-state index < -0.39 is 5.60 Å². The lowest BCUT2D eigenvalue weighted by atomic mass is 9.94. The summed E-state index contributed by atoms with van der Waals surface area (Å²) in [5, 5.41) is 14.3. The van der Waals surface area contributed by atoms with Crippen molar-refractivity contribution in [3.8, 4) is 0 Å². The number of halogens is 1. The molecule has 7 heteroatoms. The first-order valence-corrected chi connectivity index (χ1v) is 6.70. The Kier molecular flexibility index (Phi) is 4.32. The summed E-state index contributed by atoms with van der Waals surface area (Å²) in [7, 11) is 1.95. The molecular weight excluding hydrogens is 262 g/mol. The van der Waals surface area contributed by atoms with Gasteiger partial charge in [-0.05, 0) is 7.05 Å². The van der Waals surface area contributed by atoms with Gasteiger partial charge in [-0.15, -0.1) is 5.10 Å². The number of aliphatic hydroxyl groups is 1. The molecule has 1 aliphatic rings. The minimum atomic E-state index is -0.650. The molecule has 1 aromatic rings. The summed E-state index contributed by atoms with van der Waals surface area (Å²) in [6, 6.07) is 0. The molecule has 1 aliphatic heterocycles. The van der Waals surface area contributed by atoms with E-state index in [1.807, 2.05) is 11.9 Å². The van der Waals surface area contributed by atoms with Crippen LogP contribution in [0.1, 0.15) is 18.5 Å². The first kappa shape index (κ1) is 13.2. The lowest BCUT2D eigenvalue weighted by Crippen LogP contribution is -2.45. The molecule has 0 amide bonds. The van der Waals surface area contributed by atoms with Gasteiger partial charge in [-0.25, -0.2) is 0 Å².